The minimum absolute atomic E-state index is 0.271. The molecule has 0 aromatic rings. The molecule has 2 aliphatic rings. The third kappa shape index (κ3) is 4.66. The van der Waals surface area contributed by atoms with Crippen LogP contribution in [0, 0.1) is 5.92 Å². The fraction of sp³-hybridized carbons (Fsp3) is 0.929. The highest BCUT2D eigenvalue weighted by molar-refractivity contribution is 5.76. The van der Waals surface area contributed by atoms with Crippen LogP contribution in [0.1, 0.15) is 57.8 Å². The Kier molecular flexibility index (Phi) is 5.30. The maximum Gasteiger partial charge on any atom is 0.220 e. The Labute approximate surface area is 105 Å². The van der Waals surface area contributed by atoms with Gasteiger partial charge in [0.2, 0.25) is 5.91 Å². The van der Waals surface area contributed by atoms with Crippen molar-refractivity contribution in [2.75, 3.05) is 13.1 Å². The first-order valence-corrected chi connectivity index (χ1v) is 7.34. The van der Waals surface area contributed by atoms with Crippen LogP contribution in [-0.2, 0) is 4.79 Å². The SMILES string of the molecule is O=C(CC1CCCC1)NCCC1CCCCN1. The number of carbonyl (C=O) groups is 1. The summed E-state index contributed by atoms with van der Waals surface area (Å²) in [6.07, 6.45) is 11.0. The van der Waals surface area contributed by atoms with E-state index in [1.54, 1.807) is 0 Å². The van der Waals surface area contributed by atoms with Gasteiger partial charge in [0.15, 0.2) is 0 Å². The molecular formula is C14H26N2O. The molecule has 3 nitrogen and oxygen atoms in total. The summed E-state index contributed by atoms with van der Waals surface area (Å²) < 4.78 is 0. The summed E-state index contributed by atoms with van der Waals surface area (Å²) in [5, 5.41) is 6.59. The molecule has 1 heterocycles. The molecule has 0 aromatic carbocycles. The van der Waals surface area contributed by atoms with Gasteiger partial charge in [-0.2, -0.15) is 0 Å². The second kappa shape index (κ2) is 7.00. The van der Waals surface area contributed by atoms with Crippen LogP contribution in [0.2, 0.25) is 0 Å². The van der Waals surface area contributed by atoms with Crippen molar-refractivity contribution in [3.63, 3.8) is 0 Å². The maximum absolute atomic E-state index is 11.7. The molecule has 0 aromatic heterocycles. The molecule has 0 radical (unpaired) electrons. The predicted octanol–water partition coefficient (Wildman–Crippen LogP) is 2.22. The lowest BCUT2D eigenvalue weighted by atomic mass is 10.0. The minimum atomic E-state index is 0.271. The Morgan fingerprint density at radius 3 is 2.59 bits per heavy atom. The summed E-state index contributed by atoms with van der Waals surface area (Å²) in [4.78, 5) is 11.7. The Morgan fingerprint density at radius 1 is 1.12 bits per heavy atom. The average molecular weight is 238 g/mol. The van der Waals surface area contributed by atoms with Crippen molar-refractivity contribution in [3.05, 3.63) is 0 Å². The van der Waals surface area contributed by atoms with Gasteiger partial charge in [0, 0.05) is 19.0 Å². The molecule has 1 saturated heterocycles. The van der Waals surface area contributed by atoms with Crippen molar-refractivity contribution in [1.29, 1.82) is 0 Å². The van der Waals surface area contributed by atoms with Gasteiger partial charge in [-0.05, 0) is 44.6 Å². The molecule has 98 valence electrons. The first kappa shape index (κ1) is 12.9. The van der Waals surface area contributed by atoms with Gasteiger partial charge in [0.05, 0.1) is 0 Å². The van der Waals surface area contributed by atoms with Crippen molar-refractivity contribution in [2.45, 2.75) is 63.8 Å². The summed E-state index contributed by atoms with van der Waals surface area (Å²) >= 11 is 0. The molecule has 1 amide bonds. The molecule has 17 heavy (non-hydrogen) atoms. The smallest absolute Gasteiger partial charge is 0.220 e. The van der Waals surface area contributed by atoms with Gasteiger partial charge in [-0.1, -0.05) is 19.3 Å². The maximum atomic E-state index is 11.7. The zero-order valence-electron chi connectivity index (χ0n) is 10.8. The molecule has 3 heteroatoms. The fourth-order valence-electron chi connectivity index (χ4n) is 3.11. The van der Waals surface area contributed by atoms with E-state index >= 15 is 0 Å². The number of hydrogen-bond acceptors (Lipinski definition) is 2. The number of hydrogen-bond donors (Lipinski definition) is 2. The molecule has 0 bridgehead atoms. The summed E-state index contributed by atoms with van der Waals surface area (Å²) in [6.45, 7) is 2.00. The van der Waals surface area contributed by atoms with Gasteiger partial charge in [0.25, 0.3) is 0 Å². The lowest BCUT2D eigenvalue weighted by Gasteiger charge is -2.23. The van der Waals surface area contributed by atoms with Crippen LogP contribution in [0.15, 0.2) is 0 Å². The van der Waals surface area contributed by atoms with Crippen molar-refractivity contribution in [2.24, 2.45) is 5.92 Å². The summed E-state index contributed by atoms with van der Waals surface area (Å²) in [5.74, 6) is 0.940. The Hall–Kier alpha value is -0.570. The van der Waals surface area contributed by atoms with Gasteiger partial charge in [0.1, 0.15) is 0 Å². The van der Waals surface area contributed by atoms with Crippen LogP contribution in [-0.4, -0.2) is 25.0 Å². The topological polar surface area (TPSA) is 41.1 Å². The minimum Gasteiger partial charge on any atom is -0.356 e. The van der Waals surface area contributed by atoms with E-state index < -0.39 is 0 Å². The third-order valence-electron chi connectivity index (χ3n) is 4.18. The zero-order chi connectivity index (χ0) is 11.9. The first-order chi connectivity index (χ1) is 8.34. The van der Waals surface area contributed by atoms with Crippen LogP contribution in [0.4, 0.5) is 0 Å². The van der Waals surface area contributed by atoms with E-state index in [0.29, 0.717) is 12.0 Å². The highest BCUT2D eigenvalue weighted by Crippen LogP contribution is 2.27. The van der Waals surface area contributed by atoms with Gasteiger partial charge < -0.3 is 10.6 Å². The summed E-state index contributed by atoms with van der Waals surface area (Å²) in [5.41, 5.74) is 0. The average Bonchev–Trinajstić information content (AvgIpc) is 2.83. The monoisotopic (exact) mass is 238 g/mol. The third-order valence-corrected chi connectivity index (χ3v) is 4.18. The largest absolute Gasteiger partial charge is 0.356 e. The lowest BCUT2D eigenvalue weighted by Crippen LogP contribution is -2.37. The normalized spacial score (nSPS) is 26.0. The van der Waals surface area contributed by atoms with E-state index in [4.69, 9.17) is 0 Å². The molecule has 2 fully saturated rings. The van der Waals surface area contributed by atoms with Crippen molar-refractivity contribution < 1.29 is 4.79 Å². The van der Waals surface area contributed by atoms with E-state index in [-0.39, 0.29) is 5.91 Å². The quantitative estimate of drug-likeness (QED) is 0.771. The van der Waals surface area contributed by atoms with Gasteiger partial charge in [-0.3, -0.25) is 4.79 Å². The van der Waals surface area contributed by atoms with Crippen LogP contribution in [0.5, 0.6) is 0 Å². The molecule has 2 rings (SSSR count). The lowest BCUT2D eigenvalue weighted by molar-refractivity contribution is -0.122. The van der Waals surface area contributed by atoms with Crippen LogP contribution in [0.25, 0.3) is 0 Å². The van der Waals surface area contributed by atoms with Gasteiger partial charge >= 0.3 is 0 Å². The number of amides is 1. The molecule has 1 aliphatic heterocycles. The second-order valence-corrected chi connectivity index (χ2v) is 5.64. The Bertz CT molecular complexity index is 230. The number of piperidine rings is 1. The van der Waals surface area contributed by atoms with E-state index in [9.17, 15) is 4.79 Å². The molecule has 1 aliphatic carbocycles. The standard InChI is InChI=1S/C14H26N2O/c17-14(11-12-5-1-2-6-12)16-10-8-13-7-3-4-9-15-13/h12-13,15H,1-11H2,(H,16,17). The van der Waals surface area contributed by atoms with E-state index in [2.05, 4.69) is 10.6 Å². The highest BCUT2D eigenvalue weighted by atomic mass is 16.1. The Morgan fingerprint density at radius 2 is 1.88 bits per heavy atom. The first-order valence-electron chi connectivity index (χ1n) is 7.34. The molecule has 1 unspecified atom stereocenters. The highest BCUT2D eigenvalue weighted by Gasteiger charge is 2.18. The van der Waals surface area contributed by atoms with E-state index in [0.717, 1.165) is 25.9 Å². The van der Waals surface area contributed by atoms with Crippen molar-refractivity contribution in [3.8, 4) is 0 Å². The van der Waals surface area contributed by atoms with E-state index in [1.165, 1.54) is 44.9 Å². The second-order valence-electron chi connectivity index (χ2n) is 5.64. The molecule has 1 saturated carbocycles. The summed E-state index contributed by atoms with van der Waals surface area (Å²) in [7, 11) is 0. The Balaban J connectivity index is 1.53. The number of carbonyl (C=O) groups excluding carboxylic acids is 1. The molecule has 2 N–H and O–H groups in total. The molecule has 1 atom stereocenters. The van der Waals surface area contributed by atoms with Gasteiger partial charge in [-0.25, -0.2) is 0 Å². The van der Waals surface area contributed by atoms with Gasteiger partial charge in [-0.15, -0.1) is 0 Å². The summed E-state index contributed by atoms with van der Waals surface area (Å²) in [6, 6.07) is 0.635. The molecule has 0 spiro atoms. The van der Waals surface area contributed by atoms with Crippen molar-refractivity contribution in [1.82, 2.24) is 10.6 Å². The fourth-order valence-corrected chi connectivity index (χ4v) is 3.11. The van der Waals surface area contributed by atoms with E-state index in [1.807, 2.05) is 0 Å². The van der Waals surface area contributed by atoms with Crippen LogP contribution < -0.4 is 10.6 Å². The number of nitrogens with one attached hydrogen (secondary N) is 2. The zero-order valence-corrected chi connectivity index (χ0v) is 10.8. The van der Waals surface area contributed by atoms with Crippen LogP contribution in [0.3, 0.4) is 0 Å². The van der Waals surface area contributed by atoms with Crippen LogP contribution >= 0.6 is 0 Å². The van der Waals surface area contributed by atoms with Crippen molar-refractivity contribution >= 4 is 5.91 Å². The molecular weight excluding hydrogens is 212 g/mol. The number of rotatable bonds is 5. The predicted molar refractivity (Wildman–Crippen MR) is 69.8 cm³/mol.